The van der Waals surface area contributed by atoms with Gasteiger partial charge < -0.3 is 20.1 Å². The zero-order chi connectivity index (χ0) is 21.1. The first-order chi connectivity index (χ1) is 14.1. The normalized spacial score (nSPS) is 11.1. The Bertz CT molecular complexity index is 777. The third kappa shape index (κ3) is 8.02. The van der Waals surface area contributed by atoms with Crippen LogP contribution >= 0.6 is 24.0 Å². The van der Waals surface area contributed by atoms with E-state index in [-0.39, 0.29) is 24.0 Å². The Kier molecular flexibility index (Phi) is 12.2. The van der Waals surface area contributed by atoms with Gasteiger partial charge in [-0.1, -0.05) is 38.1 Å². The number of halogens is 1. The molecule has 0 aliphatic carbocycles. The number of nitrogens with zero attached hydrogens (tertiary/aromatic N) is 2. The summed E-state index contributed by atoms with van der Waals surface area (Å²) >= 11 is 0. The van der Waals surface area contributed by atoms with Crippen molar-refractivity contribution in [2.75, 3.05) is 39.2 Å². The van der Waals surface area contributed by atoms with E-state index in [1.807, 2.05) is 25.1 Å². The Morgan fingerprint density at radius 3 is 2.10 bits per heavy atom. The Morgan fingerprint density at radius 1 is 0.900 bits per heavy atom. The first-order valence-corrected chi connectivity index (χ1v) is 10.2. The summed E-state index contributed by atoms with van der Waals surface area (Å²) in [5.41, 5.74) is 3.39. The molecule has 0 aliphatic heterocycles. The van der Waals surface area contributed by atoms with Crippen LogP contribution in [0.1, 0.15) is 31.9 Å². The third-order valence-electron chi connectivity index (χ3n) is 4.73. The Labute approximate surface area is 198 Å². The number of aliphatic imine (C=N–C) groups is 1. The van der Waals surface area contributed by atoms with E-state index in [1.165, 1.54) is 11.1 Å². The zero-order valence-corrected chi connectivity index (χ0v) is 21.0. The molecular weight excluding hydrogens is 491 g/mol. The summed E-state index contributed by atoms with van der Waals surface area (Å²) < 4.78 is 10.7. The molecule has 0 aromatic heterocycles. The lowest BCUT2D eigenvalue weighted by molar-refractivity contribution is 0.296. The van der Waals surface area contributed by atoms with E-state index >= 15 is 0 Å². The molecule has 0 fully saturated rings. The van der Waals surface area contributed by atoms with Crippen molar-refractivity contribution >= 4 is 35.6 Å². The highest BCUT2D eigenvalue weighted by Crippen LogP contribution is 2.29. The van der Waals surface area contributed by atoms with E-state index < -0.39 is 0 Å². The van der Waals surface area contributed by atoms with Gasteiger partial charge in [0.2, 0.25) is 0 Å². The van der Waals surface area contributed by atoms with E-state index in [0.717, 1.165) is 37.8 Å². The van der Waals surface area contributed by atoms with Crippen molar-refractivity contribution in [3.8, 4) is 11.5 Å². The summed E-state index contributed by atoms with van der Waals surface area (Å²) in [5.74, 6) is 2.11. The summed E-state index contributed by atoms with van der Waals surface area (Å²) in [7, 11) is 3.26. The summed E-state index contributed by atoms with van der Waals surface area (Å²) in [5, 5.41) is 6.61. The number of benzene rings is 2. The van der Waals surface area contributed by atoms with Crippen LogP contribution < -0.4 is 20.1 Å². The molecule has 0 heterocycles. The molecule has 7 heteroatoms. The Hall–Kier alpha value is -2.00. The van der Waals surface area contributed by atoms with Gasteiger partial charge in [-0.15, -0.1) is 24.0 Å². The standard InChI is InChI=1S/C23H34N4O2.HI/c1-6-24-23(26-20-13-14-21(28-4)22(15-20)29-5)25-16-18-9-11-19(12-10-18)17-27(7-2)8-3;/h9-15H,6-8,16-17H2,1-5H3,(H2,24,25,26);1H. The van der Waals surface area contributed by atoms with Crippen molar-refractivity contribution in [1.29, 1.82) is 0 Å². The predicted octanol–water partition coefficient (Wildman–Crippen LogP) is 4.74. The molecular formula is C23H35IN4O2. The van der Waals surface area contributed by atoms with Crippen LogP contribution in [0.15, 0.2) is 47.5 Å². The fourth-order valence-electron chi connectivity index (χ4n) is 2.98. The summed E-state index contributed by atoms with van der Waals surface area (Å²) in [4.78, 5) is 7.12. The zero-order valence-electron chi connectivity index (χ0n) is 18.7. The maximum Gasteiger partial charge on any atom is 0.196 e. The van der Waals surface area contributed by atoms with Gasteiger partial charge in [-0.2, -0.15) is 0 Å². The van der Waals surface area contributed by atoms with Gasteiger partial charge in [-0.25, -0.2) is 4.99 Å². The van der Waals surface area contributed by atoms with Gasteiger partial charge in [0.25, 0.3) is 0 Å². The third-order valence-corrected chi connectivity index (χ3v) is 4.73. The van der Waals surface area contributed by atoms with E-state index in [4.69, 9.17) is 14.5 Å². The highest BCUT2D eigenvalue weighted by molar-refractivity contribution is 14.0. The van der Waals surface area contributed by atoms with Gasteiger partial charge in [0.1, 0.15) is 0 Å². The molecule has 0 bridgehead atoms. The molecule has 0 atom stereocenters. The highest BCUT2D eigenvalue weighted by atomic mass is 127. The minimum Gasteiger partial charge on any atom is -0.493 e. The fraction of sp³-hybridized carbons (Fsp3) is 0.435. The van der Waals surface area contributed by atoms with Gasteiger partial charge in [-0.3, -0.25) is 4.90 Å². The van der Waals surface area contributed by atoms with Crippen molar-refractivity contribution in [3.63, 3.8) is 0 Å². The van der Waals surface area contributed by atoms with E-state index in [1.54, 1.807) is 14.2 Å². The number of nitrogens with one attached hydrogen (secondary N) is 2. The maximum atomic E-state index is 5.37. The smallest absolute Gasteiger partial charge is 0.196 e. The summed E-state index contributed by atoms with van der Waals surface area (Å²) in [6, 6.07) is 14.4. The second-order valence-electron chi connectivity index (χ2n) is 6.67. The molecule has 30 heavy (non-hydrogen) atoms. The molecule has 2 aromatic rings. The van der Waals surface area contributed by atoms with Crippen molar-refractivity contribution < 1.29 is 9.47 Å². The molecule has 0 radical (unpaired) electrons. The van der Waals surface area contributed by atoms with E-state index in [2.05, 4.69) is 53.6 Å². The Morgan fingerprint density at radius 2 is 1.53 bits per heavy atom. The largest absolute Gasteiger partial charge is 0.493 e. The topological polar surface area (TPSA) is 58.1 Å². The maximum absolute atomic E-state index is 5.37. The molecule has 0 saturated carbocycles. The number of rotatable bonds is 10. The lowest BCUT2D eigenvalue weighted by Gasteiger charge is -2.18. The van der Waals surface area contributed by atoms with Gasteiger partial charge in [-0.05, 0) is 43.3 Å². The number of anilines is 1. The van der Waals surface area contributed by atoms with Gasteiger partial charge in [0.15, 0.2) is 17.5 Å². The molecule has 6 nitrogen and oxygen atoms in total. The molecule has 2 rings (SSSR count). The lowest BCUT2D eigenvalue weighted by Crippen LogP contribution is -2.30. The average Bonchev–Trinajstić information content (AvgIpc) is 2.76. The predicted molar refractivity (Wildman–Crippen MR) is 136 cm³/mol. The molecule has 0 aliphatic rings. The minimum atomic E-state index is 0. The summed E-state index contributed by atoms with van der Waals surface area (Å²) in [6.07, 6.45) is 0. The molecule has 0 saturated heterocycles. The second-order valence-corrected chi connectivity index (χ2v) is 6.67. The van der Waals surface area contributed by atoms with Crippen molar-refractivity contribution in [2.45, 2.75) is 33.9 Å². The van der Waals surface area contributed by atoms with Crippen LogP contribution in [0.4, 0.5) is 5.69 Å². The number of methoxy groups -OCH3 is 2. The number of hydrogen-bond donors (Lipinski definition) is 2. The van der Waals surface area contributed by atoms with Gasteiger partial charge in [0, 0.05) is 24.8 Å². The van der Waals surface area contributed by atoms with Gasteiger partial charge >= 0.3 is 0 Å². The fourth-order valence-corrected chi connectivity index (χ4v) is 2.98. The molecule has 0 spiro atoms. The number of hydrogen-bond acceptors (Lipinski definition) is 4. The Balaban J connectivity index is 0.00000450. The van der Waals surface area contributed by atoms with Crippen LogP contribution in [0.3, 0.4) is 0 Å². The second kappa shape index (κ2) is 14.1. The average molecular weight is 526 g/mol. The lowest BCUT2D eigenvalue weighted by atomic mass is 10.1. The van der Waals surface area contributed by atoms with E-state index in [0.29, 0.717) is 18.0 Å². The van der Waals surface area contributed by atoms with E-state index in [9.17, 15) is 0 Å². The first-order valence-electron chi connectivity index (χ1n) is 10.2. The van der Waals surface area contributed by atoms with Crippen LogP contribution in [-0.2, 0) is 13.1 Å². The van der Waals surface area contributed by atoms with Crippen molar-refractivity contribution in [2.24, 2.45) is 4.99 Å². The molecule has 0 amide bonds. The number of ether oxygens (including phenoxy) is 2. The van der Waals surface area contributed by atoms with Crippen LogP contribution in [0.2, 0.25) is 0 Å². The molecule has 2 N–H and O–H groups in total. The van der Waals surface area contributed by atoms with Crippen molar-refractivity contribution in [1.82, 2.24) is 10.2 Å². The van der Waals surface area contributed by atoms with Crippen LogP contribution in [0.5, 0.6) is 11.5 Å². The van der Waals surface area contributed by atoms with Crippen molar-refractivity contribution in [3.05, 3.63) is 53.6 Å². The summed E-state index contributed by atoms with van der Waals surface area (Å²) in [6.45, 7) is 10.9. The van der Waals surface area contributed by atoms with Gasteiger partial charge in [0.05, 0.1) is 20.8 Å². The quantitative estimate of drug-likeness (QED) is 0.266. The minimum absolute atomic E-state index is 0. The molecule has 2 aromatic carbocycles. The monoisotopic (exact) mass is 526 g/mol. The molecule has 0 unspecified atom stereocenters. The number of guanidine groups is 1. The van der Waals surface area contributed by atoms with Crippen LogP contribution in [0.25, 0.3) is 0 Å². The van der Waals surface area contributed by atoms with Crippen LogP contribution in [-0.4, -0.2) is 44.7 Å². The SMILES string of the molecule is CCNC(=NCc1ccc(CN(CC)CC)cc1)Nc1ccc(OC)c(OC)c1.I. The van der Waals surface area contributed by atoms with Crippen LogP contribution in [0, 0.1) is 0 Å². The highest BCUT2D eigenvalue weighted by Gasteiger charge is 2.06. The first kappa shape index (κ1) is 26.0. The molecule has 166 valence electrons.